The highest BCUT2D eigenvalue weighted by molar-refractivity contribution is 9.08. The monoisotopic (exact) mass is 305 g/mol. The van der Waals surface area contributed by atoms with Gasteiger partial charge in [0, 0.05) is 17.1 Å². The number of aromatic nitrogens is 1. The first-order valence-electron chi connectivity index (χ1n) is 6.01. The highest BCUT2D eigenvalue weighted by Gasteiger charge is 2.04. The number of rotatable bonds is 4. The van der Waals surface area contributed by atoms with Gasteiger partial charge in [-0.3, -0.25) is 0 Å². The Balaban J connectivity index is 2.22. The van der Waals surface area contributed by atoms with Crippen LogP contribution in [0.3, 0.4) is 0 Å². The molecule has 2 nitrogen and oxygen atoms in total. The van der Waals surface area contributed by atoms with Crippen molar-refractivity contribution in [2.24, 2.45) is 0 Å². The highest BCUT2D eigenvalue weighted by atomic mass is 79.9. The number of nitrogens with zero attached hydrogens (tertiary/aromatic N) is 1. The van der Waals surface area contributed by atoms with Crippen LogP contribution >= 0.6 is 15.9 Å². The molecule has 1 heterocycles. The van der Waals surface area contributed by atoms with Crippen molar-refractivity contribution in [2.45, 2.75) is 25.6 Å². The van der Waals surface area contributed by atoms with E-state index in [-0.39, 0.29) is 0 Å². The predicted octanol–water partition coefficient (Wildman–Crippen LogP) is 4.64. The number of halogens is 1. The number of pyridine rings is 1. The third kappa shape index (κ3) is 3.10. The van der Waals surface area contributed by atoms with E-state index in [0.717, 1.165) is 28.6 Å². The van der Waals surface area contributed by atoms with Gasteiger partial charge in [-0.25, -0.2) is 4.98 Å². The summed E-state index contributed by atoms with van der Waals surface area (Å²) in [4.78, 5) is 4.35. The van der Waals surface area contributed by atoms with Crippen LogP contribution in [0.25, 0.3) is 0 Å². The van der Waals surface area contributed by atoms with Gasteiger partial charge in [-0.15, -0.1) is 0 Å². The zero-order valence-corrected chi connectivity index (χ0v) is 12.2. The molecule has 94 valence electrons. The number of benzene rings is 1. The second-order valence-corrected chi connectivity index (χ2v) is 4.76. The average Bonchev–Trinajstić information content (AvgIpc) is 2.41. The van der Waals surface area contributed by atoms with E-state index in [0.29, 0.717) is 5.88 Å². The minimum absolute atomic E-state index is 0.674. The van der Waals surface area contributed by atoms with Crippen molar-refractivity contribution < 1.29 is 4.74 Å². The smallest absolute Gasteiger partial charge is 0.222 e. The van der Waals surface area contributed by atoms with E-state index >= 15 is 0 Å². The number of hydrogen-bond donors (Lipinski definition) is 0. The minimum atomic E-state index is 0.674. The molecule has 3 heteroatoms. The molecule has 0 saturated carbocycles. The third-order valence-electron chi connectivity index (χ3n) is 2.76. The van der Waals surface area contributed by atoms with Gasteiger partial charge in [0.05, 0.1) is 0 Å². The lowest BCUT2D eigenvalue weighted by molar-refractivity contribution is 0.458. The molecule has 18 heavy (non-hydrogen) atoms. The molecule has 0 aliphatic rings. The van der Waals surface area contributed by atoms with Gasteiger partial charge in [-0.2, -0.15) is 0 Å². The van der Waals surface area contributed by atoms with Gasteiger partial charge in [-0.05, 0) is 42.7 Å². The van der Waals surface area contributed by atoms with E-state index in [4.69, 9.17) is 4.74 Å². The van der Waals surface area contributed by atoms with Gasteiger partial charge < -0.3 is 4.74 Å². The molecular weight excluding hydrogens is 290 g/mol. The van der Waals surface area contributed by atoms with Gasteiger partial charge in [0.25, 0.3) is 0 Å². The quantitative estimate of drug-likeness (QED) is 0.768. The maximum atomic E-state index is 5.82. The van der Waals surface area contributed by atoms with Crippen molar-refractivity contribution in [3.05, 3.63) is 53.2 Å². The van der Waals surface area contributed by atoms with Gasteiger partial charge in [0.2, 0.25) is 5.88 Å². The van der Waals surface area contributed by atoms with E-state index in [1.54, 1.807) is 0 Å². The fraction of sp³-hybridized carbons (Fsp3) is 0.267. The van der Waals surface area contributed by atoms with Gasteiger partial charge in [0.15, 0.2) is 0 Å². The lowest BCUT2D eigenvalue weighted by Crippen LogP contribution is -1.93. The fourth-order valence-corrected chi connectivity index (χ4v) is 2.05. The summed E-state index contributed by atoms with van der Waals surface area (Å²) in [5.41, 5.74) is 3.47. The summed E-state index contributed by atoms with van der Waals surface area (Å²) >= 11 is 3.42. The van der Waals surface area contributed by atoms with Crippen molar-refractivity contribution in [2.75, 3.05) is 0 Å². The summed E-state index contributed by atoms with van der Waals surface area (Å²) in [6, 6.07) is 10.2. The molecule has 0 atom stereocenters. The molecule has 0 bridgehead atoms. The number of alkyl halides is 1. The molecule has 0 saturated heterocycles. The molecule has 2 rings (SSSR count). The van der Waals surface area contributed by atoms with Crippen LogP contribution in [0.1, 0.15) is 23.6 Å². The Kier molecular flexibility index (Phi) is 4.37. The van der Waals surface area contributed by atoms with Crippen LogP contribution < -0.4 is 4.74 Å². The second-order valence-electron chi connectivity index (χ2n) is 4.20. The third-order valence-corrected chi connectivity index (χ3v) is 3.41. The summed E-state index contributed by atoms with van der Waals surface area (Å²) in [6.45, 7) is 4.14. The molecular formula is C15H16BrNO. The van der Waals surface area contributed by atoms with E-state index in [2.05, 4.69) is 46.0 Å². The van der Waals surface area contributed by atoms with E-state index < -0.39 is 0 Å². The van der Waals surface area contributed by atoms with Crippen LogP contribution in [0.15, 0.2) is 36.5 Å². The Hall–Kier alpha value is -1.35. The molecule has 1 aromatic carbocycles. The first kappa shape index (κ1) is 13.1. The molecule has 0 aliphatic heterocycles. The SMILES string of the molecule is CCc1cccc(Oc2ncc(CBr)cc2C)c1. The van der Waals surface area contributed by atoms with Crippen LogP contribution in [0, 0.1) is 6.92 Å². The Labute approximate surface area is 116 Å². The van der Waals surface area contributed by atoms with Crippen LogP contribution in [0.2, 0.25) is 0 Å². The zero-order chi connectivity index (χ0) is 13.0. The lowest BCUT2D eigenvalue weighted by atomic mass is 10.2. The van der Waals surface area contributed by atoms with Gasteiger partial charge in [0.1, 0.15) is 5.75 Å². The molecule has 0 amide bonds. The van der Waals surface area contributed by atoms with Crippen LogP contribution in [0.5, 0.6) is 11.6 Å². The summed E-state index contributed by atoms with van der Waals surface area (Å²) in [5, 5.41) is 0.812. The maximum absolute atomic E-state index is 5.82. The van der Waals surface area contributed by atoms with Crippen molar-refractivity contribution in [3.63, 3.8) is 0 Å². The molecule has 0 fully saturated rings. The summed E-state index contributed by atoms with van der Waals surface area (Å²) in [6.07, 6.45) is 2.84. The Bertz CT molecular complexity index is 540. The largest absolute Gasteiger partial charge is 0.439 e. The van der Waals surface area contributed by atoms with E-state index in [9.17, 15) is 0 Å². The molecule has 2 aromatic rings. The van der Waals surface area contributed by atoms with E-state index in [1.807, 2.05) is 25.3 Å². The van der Waals surface area contributed by atoms with Crippen molar-refractivity contribution in [1.82, 2.24) is 4.98 Å². The summed E-state index contributed by atoms with van der Waals surface area (Å²) < 4.78 is 5.82. The first-order chi connectivity index (χ1) is 8.72. The standard InChI is InChI=1S/C15H16BrNO/c1-3-12-5-4-6-14(8-12)18-15-11(2)7-13(9-16)10-17-15/h4-8,10H,3,9H2,1-2H3. The summed E-state index contributed by atoms with van der Waals surface area (Å²) in [5.74, 6) is 1.52. The van der Waals surface area contributed by atoms with Gasteiger partial charge >= 0.3 is 0 Å². The Morgan fingerprint density at radius 2 is 2.06 bits per heavy atom. The molecule has 0 unspecified atom stereocenters. The molecule has 0 N–H and O–H groups in total. The number of ether oxygens (including phenoxy) is 1. The molecule has 1 aromatic heterocycles. The summed E-state index contributed by atoms with van der Waals surface area (Å²) in [7, 11) is 0. The minimum Gasteiger partial charge on any atom is -0.439 e. The van der Waals surface area contributed by atoms with Crippen LogP contribution in [-0.2, 0) is 11.8 Å². The maximum Gasteiger partial charge on any atom is 0.222 e. The van der Waals surface area contributed by atoms with Crippen LogP contribution in [0.4, 0.5) is 0 Å². The topological polar surface area (TPSA) is 22.1 Å². The Morgan fingerprint density at radius 1 is 1.22 bits per heavy atom. The number of hydrogen-bond acceptors (Lipinski definition) is 2. The molecule has 0 aliphatic carbocycles. The number of aryl methyl sites for hydroxylation is 2. The van der Waals surface area contributed by atoms with Crippen molar-refractivity contribution in [1.29, 1.82) is 0 Å². The second kappa shape index (κ2) is 6.01. The normalized spacial score (nSPS) is 10.4. The predicted molar refractivity (Wildman–Crippen MR) is 77.5 cm³/mol. The van der Waals surface area contributed by atoms with E-state index in [1.165, 1.54) is 5.56 Å². The lowest BCUT2D eigenvalue weighted by Gasteiger charge is -2.09. The van der Waals surface area contributed by atoms with Gasteiger partial charge in [-0.1, -0.05) is 35.0 Å². The highest BCUT2D eigenvalue weighted by Crippen LogP contribution is 2.24. The zero-order valence-electron chi connectivity index (χ0n) is 10.6. The molecule has 0 radical (unpaired) electrons. The fourth-order valence-electron chi connectivity index (χ4n) is 1.74. The van der Waals surface area contributed by atoms with Crippen molar-refractivity contribution >= 4 is 15.9 Å². The van der Waals surface area contributed by atoms with Crippen molar-refractivity contribution in [3.8, 4) is 11.6 Å². The Morgan fingerprint density at radius 3 is 2.72 bits per heavy atom. The average molecular weight is 306 g/mol. The first-order valence-corrected chi connectivity index (χ1v) is 7.13. The molecule has 0 spiro atoms. The van der Waals surface area contributed by atoms with Crippen LogP contribution in [-0.4, -0.2) is 4.98 Å².